The lowest BCUT2D eigenvalue weighted by Crippen LogP contribution is -2.00. The molecule has 0 amide bonds. The van der Waals surface area contributed by atoms with Crippen molar-refractivity contribution in [2.45, 2.75) is 26.2 Å². The van der Waals surface area contributed by atoms with Crippen molar-refractivity contribution < 1.29 is 9.53 Å². The minimum Gasteiger partial charge on any atom is -0.469 e. The molecule has 0 radical (unpaired) electrons. The number of esters is 1. The molecular formula is C8H16O2S2. The molecule has 0 N–H and O–H groups in total. The van der Waals surface area contributed by atoms with Crippen molar-refractivity contribution in [1.29, 1.82) is 0 Å². The summed E-state index contributed by atoms with van der Waals surface area (Å²) in [5.41, 5.74) is 0. The van der Waals surface area contributed by atoms with Gasteiger partial charge in [0.2, 0.25) is 0 Å². The molecule has 0 fully saturated rings. The second-order valence-corrected chi connectivity index (χ2v) is 5.03. The minimum absolute atomic E-state index is 0.112. The summed E-state index contributed by atoms with van der Waals surface area (Å²) in [5, 5.41) is 0. The van der Waals surface area contributed by atoms with Crippen LogP contribution in [0.4, 0.5) is 0 Å². The monoisotopic (exact) mass is 208 g/mol. The zero-order valence-corrected chi connectivity index (χ0v) is 9.30. The van der Waals surface area contributed by atoms with Crippen molar-refractivity contribution in [3.05, 3.63) is 0 Å². The van der Waals surface area contributed by atoms with E-state index in [2.05, 4.69) is 11.7 Å². The number of ether oxygens (including phenoxy) is 1. The number of hydrogen-bond acceptors (Lipinski definition) is 4. The molecule has 0 atom stereocenters. The van der Waals surface area contributed by atoms with Gasteiger partial charge in [-0.3, -0.25) is 4.79 Å². The van der Waals surface area contributed by atoms with Gasteiger partial charge in [-0.2, -0.15) is 0 Å². The lowest BCUT2D eigenvalue weighted by molar-refractivity contribution is -0.140. The van der Waals surface area contributed by atoms with Crippen LogP contribution in [-0.4, -0.2) is 24.6 Å². The van der Waals surface area contributed by atoms with Crippen LogP contribution in [0.5, 0.6) is 0 Å². The Balaban J connectivity index is 2.95. The summed E-state index contributed by atoms with van der Waals surface area (Å²) >= 11 is 0. The molecule has 0 aliphatic rings. The van der Waals surface area contributed by atoms with E-state index in [9.17, 15) is 4.79 Å². The third-order valence-electron chi connectivity index (χ3n) is 1.28. The number of unbranched alkanes of at least 4 members (excludes halogenated alkanes) is 1. The van der Waals surface area contributed by atoms with Gasteiger partial charge >= 0.3 is 5.97 Å². The summed E-state index contributed by atoms with van der Waals surface area (Å²) in [7, 11) is 5.02. The Morgan fingerprint density at radius 3 is 2.58 bits per heavy atom. The predicted octanol–water partition coefficient (Wildman–Crippen LogP) is 2.73. The lowest BCUT2D eigenvalue weighted by atomic mass is 10.4. The summed E-state index contributed by atoms with van der Waals surface area (Å²) in [6, 6.07) is 0. The zero-order valence-electron chi connectivity index (χ0n) is 7.67. The van der Waals surface area contributed by atoms with E-state index in [0.717, 1.165) is 5.75 Å². The first-order chi connectivity index (χ1) is 5.81. The number of rotatable bonds is 7. The third-order valence-corrected chi connectivity index (χ3v) is 3.77. The quantitative estimate of drug-likeness (QED) is 0.365. The molecule has 0 saturated carbocycles. The van der Waals surface area contributed by atoms with E-state index in [0.29, 0.717) is 6.42 Å². The summed E-state index contributed by atoms with van der Waals surface area (Å²) < 4.78 is 4.52. The van der Waals surface area contributed by atoms with Crippen LogP contribution in [0, 0.1) is 0 Å². The normalized spacial score (nSPS) is 9.83. The van der Waals surface area contributed by atoms with E-state index in [4.69, 9.17) is 0 Å². The first-order valence-corrected chi connectivity index (χ1v) is 6.61. The van der Waals surface area contributed by atoms with E-state index in [1.807, 2.05) is 10.8 Å². The van der Waals surface area contributed by atoms with Gasteiger partial charge < -0.3 is 4.74 Å². The molecule has 0 spiro atoms. The van der Waals surface area contributed by atoms with Crippen molar-refractivity contribution in [2.24, 2.45) is 0 Å². The van der Waals surface area contributed by atoms with Crippen LogP contribution in [0.25, 0.3) is 0 Å². The van der Waals surface area contributed by atoms with Gasteiger partial charge in [0, 0.05) is 11.5 Å². The average Bonchev–Trinajstić information content (AvgIpc) is 2.10. The predicted molar refractivity (Wildman–Crippen MR) is 56.5 cm³/mol. The molecule has 2 nitrogen and oxygen atoms in total. The number of hydrogen-bond donors (Lipinski definition) is 0. The molecule has 0 aromatic heterocycles. The molecule has 0 aliphatic carbocycles. The molecule has 12 heavy (non-hydrogen) atoms. The standard InChI is InChI=1S/C8H16O2S2/c1-3-4-6-11-12-7-5-8(9)10-2/h3-7H2,1-2H3. The van der Waals surface area contributed by atoms with Crippen molar-refractivity contribution in [3.8, 4) is 0 Å². The Morgan fingerprint density at radius 2 is 2.00 bits per heavy atom. The van der Waals surface area contributed by atoms with E-state index in [1.54, 1.807) is 10.8 Å². The van der Waals surface area contributed by atoms with Crippen LogP contribution in [0.15, 0.2) is 0 Å². The molecule has 0 unspecified atom stereocenters. The van der Waals surface area contributed by atoms with Crippen molar-refractivity contribution in [3.63, 3.8) is 0 Å². The molecule has 0 saturated heterocycles. The molecule has 0 rings (SSSR count). The number of carbonyl (C=O) groups excluding carboxylic acids is 1. The molecule has 0 aromatic rings. The van der Waals surface area contributed by atoms with Gasteiger partial charge in [-0.25, -0.2) is 0 Å². The fourth-order valence-electron chi connectivity index (χ4n) is 0.548. The molecule has 0 aliphatic heterocycles. The maximum atomic E-state index is 10.7. The van der Waals surface area contributed by atoms with E-state index in [-0.39, 0.29) is 5.97 Å². The van der Waals surface area contributed by atoms with Gasteiger partial charge in [-0.15, -0.1) is 0 Å². The molecule has 4 heteroatoms. The van der Waals surface area contributed by atoms with Crippen LogP contribution < -0.4 is 0 Å². The second kappa shape index (κ2) is 9.26. The largest absolute Gasteiger partial charge is 0.469 e. The fourth-order valence-corrected chi connectivity index (χ4v) is 2.75. The van der Waals surface area contributed by atoms with E-state index in [1.165, 1.54) is 25.7 Å². The Morgan fingerprint density at radius 1 is 1.33 bits per heavy atom. The highest BCUT2D eigenvalue weighted by atomic mass is 33.1. The van der Waals surface area contributed by atoms with Gasteiger partial charge in [-0.05, 0) is 6.42 Å². The highest BCUT2D eigenvalue weighted by molar-refractivity contribution is 8.76. The second-order valence-electron chi connectivity index (χ2n) is 2.32. The molecule has 72 valence electrons. The van der Waals surface area contributed by atoms with Crippen LogP contribution in [0.1, 0.15) is 26.2 Å². The minimum atomic E-state index is -0.112. The molecule has 0 bridgehead atoms. The average molecular weight is 208 g/mol. The Labute approximate surface area is 82.2 Å². The van der Waals surface area contributed by atoms with Gasteiger partial charge in [0.1, 0.15) is 0 Å². The summed E-state index contributed by atoms with van der Waals surface area (Å²) in [6.07, 6.45) is 3.03. The van der Waals surface area contributed by atoms with Gasteiger partial charge in [0.05, 0.1) is 13.5 Å². The molecule has 0 heterocycles. The van der Waals surface area contributed by atoms with Crippen LogP contribution in [0.2, 0.25) is 0 Å². The lowest BCUT2D eigenvalue weighted by Gasteiger charge is -1.99. The van der Waals surface area contributed by atoms with Crippen molar-refractivity contribution >= 4 is 27.6 Å². The topological polar surface area (TPSA) is 26.3 Å². The third kappa shape index (κ3) is 8.27. The van der Waals surface area contributed by atoms with E-state index < -0.39 is 0 Å². The zero-order chi connectivity index (χ0) is 9.23. The van der Waals surface area contributed by atoms with Crippen LogP contribution in [-0.2, 0) is 9.53 Å². The summed E-state index contributed by atoms with van der Waals surface area (Å²) in [5.74, 6) is 1.93. The van der Waals surface area contributed by atoms with Gasteiger partial charge in [-0.1, -0.05) is 34.9 Å². The summed E-state index contributed by atoms with van der Waals surface area (Å²) in [4.78, 5) is 10.7. The van der Waals surface area contributed by atoms with Crippen LogP contribution >= 0.6 is 21.6 Å². The number of methoxy groups -OCH3 is 1. The SMILES string of the molecule is CCCCSSCCC(=O)OC. The summed E-state index contributed by atoms with van der Waals surface area (Å²) in [6.45, 7) is 2.18. The van der Waals surface area contributed by atoms with E-state index >= 15 is 0 Å². The Kier molecular flexibility index (Phi) is 9.39. The molecule has 0 aromatic carbocycles. The van der Waals surface area contributed by atoms with Gasteiger partial charge in [0.25, 0.3) is 0 Å². The first-order valence-electron chi connectivity index (χ1n) is 4.12. The van der Waals surface area contributed by atoms with Crippen molar-refractivity contribution in [1.82, 2.24) is 0 Å². The first kappa shape index (κ1) is 12.2. The smallest absolute Gasteiger partial charge is 0.306 e. The van der Waals surface area contributed by atoms with Crippen molar-refractivity contribution in [2.75, 3.05) is 18.6 Å². The Bertz CT molecular complexity index is 118. The van der Waals surface area contributed by atoms with Gasteiger partial charge in [0.15, 0.2) is 0 Å². The maximum absolute atomic E-state index is 10.7. The Hall–Kier alpha value is 0.170. The highest BCUT2D eigenvalue weighted by Gasteiger charge is 1.98. The van der Waals surface area contributed by atoms with Crippen LogP contribution in [0.3, 0.4) is 0 Å². The maximum Gasteiger partial charge on any atom is 0.306 e. The molecular weight excluding hydrogens is 192 g/mol. The fraction of sp³-hybridized carbons (Fsp3) is 0.875. The highest BCUT2D eigenvalue weighted by Crippen LogP contribution is 2.22. The number of carbonyl (C=O) groups is 1.